The number of nitriles is 1. The van der Waals surface area contributed by atoms with Gasteiger partial charge in [-0.1, -0.05) is 11.8 Å². The predicted octanol–water partition coefficient (Wildman–Crippen LogP) is 5.75. The van der Waals surface area contributed by atoms with E-state index in [1.807, 2.05) is 0 Å². The van der Waals surface area contributed by atoms with E-state index in [2.05, 4.69) is 4.98 Å². The van der Waals surface area contributed by atoms with E-state index in [9.17, 15) is 30.7 Å². The molecule has 0 saturated heterocycles. The quantitative estimate of drug-likeness (QED) is 0.502. The monoisotopic (exact) mass is 380 g/mol. The van der Waals surface area contributed by atoms with Crippen LogP contribution in [0.3, 0.4) is 0 Å². The number of aromatic nitrogens is 1. The molecule has 0 N–H and O–H groups in total. The van der Waals surface area contributed by atoms with Crippen molar-refractivity contribution in [1.29, 1.82) is 5.26 Å². The van der Waals surface area contributed by atoms with Crippen molar-refractivity contribution in [2.24, 2.45) is 0 Å². The SMILES string of the molecule is N#Cc1ccc(C(F)Sc2cc(C(F)(F)F)cc(C(F)(F)F)c2)nc1. The normalized spacial score (nSPS) is 13.4. The Bertz CT molecular complexity index is 759. The lowest BCUT2D eigenvalue weighted by molar-refractivity contribution is -0.143. The van der Waals surface area contributed by atoms with Crippen LogP contribution in [0.2, 0.25) is 0 Å². The highest BCUT2D eigenvalue weighted by Crippen LogP contribution is 2.42. The lowest BCUT2D eigenvalue weighted by Crippen LogP contribution is -2.11. The van der Waals surface area contributed by atoms with Crippen molar-refractivity contribution in [1.82, 2.24) is 4.98 Å². The molecule has 1 heterocycles. The van der Waals surface area contributed by atoms with Crippen LogP contribution < -0.4 is 0 Å². The Labute approximate surface area is 141 Å². The minimum absolute atomic E-state index is 0.0305. The summed E-state index contributed by atoms with van der Waals surface area (Å²) in [6.45, 7) is 0. The number of rotatable bonds is 3. The Hall–Kier alpha value is -2.28. The molecule has 132 valence electrons. The van der Waals surface area contributed by atoms with Gasteiger partial charge in [0, 0.05) is 11.1 Å². The van der Waals surface area contributed by atoms with E-state index in [1.165, 1.54) is 6.07 Å². The Morgan fingerprint density at radius 3 is 1.92 bits per heavy atom. The summed E-state index contributed by atoms with van der Waals surface area (Å²) in [6.07, 6.45) is -8.96. The summed E-state index contributed by atoms with van der Waals surface area (Å²) in [5.41, 5.74) is -5.14. The first-order valence-electron chi connectivity index (χ1n) is 6.47. The van der Waals surface area contributed by atoms with Gasteiger partial charge in [-0.05, 0) is 30.3 Å². The third-order valence-electron chi connectivity index (χ3n) is 2.95. The summed E-state index contributed by atoms with van der Waals surface area (Å²) < 4.78 is 90.8. The van der Waals surface area contributed by atoms with Crippen molar-refractivity contribution in [2.45, 2.75) is 22.8 Å². The zero-order chi connectivity index (χ0) is 18.8. The van der Waals surface area contributed by atoms with Gasteiger partial charge in [0.1, 0.15) is 6.07 Å². The van der Waals surface area contributed by atoms with Crippen molar-refractivity contribution in [2.75, 3.05) is 0 Å². The summed E-state index contributed by atoms with van der Waals surface area (Å²) in [5, 5.41) is 8.61. The molecule has 2 rings (SSSR count). The number of hydrogen-bond acceptors (Lipinski definition) is 3. The van der Waals surface area contributed by atoms with Crippen LogP contribution in [0.15, 0.2) is 41.4 Å². The zero-order valence-electron chi connectivity index (χ0n) is 12.0. The molecule has 1 aromatic heterocycles. The Morgan fingerprint density at radius 2 is 1.52 bits per heavy atom. The second-order valence-electron chi connectivity index (χ2n) is 4.76. The molecule has 10 heteroatoms. The van der Waals surface area contributed by atoms with Gasteiger partial charge in [0.2, 0.25) is 0 Å². The predicted molar refractivity (Wildman–Crippen MR) is 75.1 cm³/mol. The molecule has 0 bridgehead atoms. The van der Waals surface area contributed by atoms with Crippen LogP contribution in [-0.4, -0.2) is 4.98 Å². The summed E-state index contributed by atoms with van der Waals surface area (Å²) in [7, 11) is 0. The molecule has 2 aromatic rings. The maximum absolute atomic E-state index is 14.2. The fourth-order valence-corrected chi connectivity index (χ4v) is 2.67. The first-order chi connectivity index (χ1) is 11.5. The average Bonchev–Trinajstić information content (AvgIpc) is 2.53. The van der Waals surface area contributed by atoms with Gasteiger partial charge in [0.15, 0.2) is 5.50 Å². The van der Waals surface area contributed by atoms with E-state index < -0.39 is 33.9 Å². The highest BCUT2D eigenvalue weighted by atomic mass is 32.2. The Kier molecular flexibility index (Phi) is 5.27. The average molecular weight is 380 g/mol. The van der Waals surface area contributed by atoms with Crippen LogP contribution >= 0.6 is 11.8 Å². The molecule has 0 aliphatic heterocycles. The molecule has 0 radical (unpaired) electrons. The fourth-order valence-electron chi connectivity index (χ4n) is 1.78. The van der Waals surface area contributed by atoms with Crippen molar-refractivity contribution in [3.05, 3.63) is 58.9 Å². The first kappa shape index (κ1) is 19.1. The Balaban J connectivity index is 2.35. The van der Waals surface area contributed by atoms with Crippen molar-refractivity contribution < 1.29 is 30.7 Å². The highest BCUT2D eigenvalue weighted by molar-refractivity contribution is 7.99. The number of benzene rings is 1. The number of pyridine rings is 1. The maximum atomic E-state index is 14.2. The summed E-state index contributed by atoms with van der Waals surface area (Å²) in [6, 6.07) is 4.97. The number of thioether (sulfide) groups is 1. The number of nitrogens with zero attached hydrogens (tertiary/aromatic N) is 2. The molecule has 1 unspecified atom stereocenters. The summed E-state index contributed by atoms with van der Waals surface area (Å²) in [4.78, 5) is 3.08. The van der Waals surface area contributed by atoms with Gasteiger partial charge >= 0.3 is 12.4 Å². The smallest absolute Gasteiger partial charge is 0.256 e. The van der Waals surface area contributed by atoms with E-state index >= 15 is 0 Å². The van der Waals surface area contributed by atoms with E-state index in [1.54, 1.807) is 6.07 Å². The highest BCUT2D eigenvalue weighted by Gasteiger charge is 2.37. The van der Waals surface area contributed by atoms with Crippen molar-refractivity contribution in [3.63, 3.8) is 0 Å². The number of alkyl halides is 7. The molecule has 0 aliphatic rings. The molecule has 2 nitrogen and oxygen atoms in total. The van der Waals surface area contributed by atoms with Crippen LogP contribution in [0.4, 0.5) is 30.7 Å². The van der Waals surface area contributed by atoms with Gasteiger partial charge in [-0.3, -0.25) is 4.98 Å². The van der Waals surface area contributed by atoms with E-state index in [0.29, 0.717) is 12.1 Å². The third-order valence-corrected chi connectivity index (χ3v) is 3.91. The van der Waals surface area contributed by atoms with Crippen LogP contribution in [-0.2, 0) is 12.4 Å². The molecule has 1 aromatic carbocycles. The van der Waals surface area contributed by atoms with Gasteiger partial charge < -0.3 is 0 Å². The summed E-state index contributed by atoms with van der Waals surface area (Å²) in [5.74, 6) is 0. The second-order valence-corrected chi connectivity index (χ2v) is 5.88. The van der Waals surface area contributed by atoms with Crippen LogP contribution in [0.1, 0.15) is 27.9 Å². The molecular weight excluding hydrogens is 373 g/mol. The first-order valence-corrected chi connectivity index (χ1v) is 7.35. The van der Waals surface area contributed by atoms with Gasteiger partial charge in [0.25, 0.3) is 0 Å². The van der Waals surface area contributed by atoms with Crippen molar-refractivity contribution in [3.8, 4) is 6.07 Å². The van der Waals surface area contributed by atoms with Gasteiger partial charge in [0.05, 0.1) is 22.4 Å². The standard InChI is InChI=1S/C15H7F7N2S/c16-13(12-2-1-8(6-23)7-24-12)25-11-4-9(14(17,18)19)3-10(5-11)15(20,21)22/h1-5,7,13H. The van der Waals surface area contributed by atoms with Gasteiger partial charge in [-0.2, -0.15) is 31.6 Å². The lowest BCUT2D eigenvalue weighted by atomic mass is 10.1. The molecule has 1 atom stereocenters. The second kappa shape index (κ2) is 6.92. The number of hydrogen-bond donors (Lipinski definition) is 0. The molecule has 0 spiro atoms. The Morgan fingerprint density at radius 1 is 0.960 bits per heavy atom. The van der Waals surface area contributed by atoms with Crippen LogP contribution in [0, 0.1) is 11.3 Å². The number of halogens is 7. The minimum atomic E-state index is -5.00. The van der Waals surface area contributed by atoms with E-state index in [-0.39, 0.29) is 29.1 Å². The van der Waals surface area contributed by atoms with Gasteiger partial charge in [-0.15, -0.1) is 0 Å². The zero-order valence-corrected chi connectivity index (χ0v) is 12.8. The molecular formula is C15H7F7N2S. The molecule has 0 fully saturated rings. The minimum Gasteiger partial charge on any atom is -0.256 e. The largest absolute Gasteiger partial charge is 0.416 e. The van der Waals surface area contributed by atoms with E-state index in [0.717, 1.165) is 12.3 Å². The van der Waals surface area contributed by atoms with Crippen molar-refractivity contribution >= 4 is 11.8 Å². The molecule has 0 aliphatic carbocycles. The summed E-state index contributed by atoms with van der Waals surface area (Å²) >= 11 is 0.159. The maximum Gasteiger partial charge on any atom is 0.416 e. The molecule has 0 saturated carbocycles. The van der Waals surface area contributed by atoms with E-state index in [4.69, 9.17) is 5.26 Å². The topological polar surface area (TPSA) is 36.7 Å². The lowest BCUT2D eigenvalue weighted by Gasteiger charge is -2.15. The van der Waals surface area contributed by atoms with Crippen LogP contribution in [0.5, 0.6) is 0 Å². The third kappa shape index (κ3) is 4.85. The molecule has 25 heavy (non-hydrogen) atoms. The van der Waals surface area contributed by atoms with Crippen LogP contribution in [0.25, 0.3) is 0 Å². The van der Waals surface area contributed by atoms with Gasteiger partial charge in [-0.25, -0.2) is 4.39 Å². The molecule has 0 amide bonds. The fraction of sp³-hybridized carbons (Fsp3) is 0.200.